The van der Waals surface area contributed by atoms with Gasteiger partial charge < -0.3 is 25.3 Å². The molecule has 10 heteroatoms. The summed E-state index contributed by atoms with van der Waals surface area (Å²) >= 11 is 0. The molecule has 32 heavy (non-hydrogen) atoms. The number of pyridine rings is 1. The Hall–Kier alpha value is -3.11. The maximum absolute atomic E-state index is 5.86. The fourth-order valence-corrected chi connectivity index (χ4v) is 3.02. The van der Waals surface area contributed by atoms with Crippen molar-refractivity contribution in [3.63, 3.8) is 0 Å². The molecule has 0 aromatic carbocycles. The molecule has 0 saturated carbocycles. The van der Waals surface area contributed by atoms with Gasteiger partial charge in [-0.2, -0.15) is 4.98 Å². The highest BCUT2D eigenvalue weighted by Crippen LogP contribution is 2.25. The number of rotatable bonds is 14. The van der Waals surface area contributed by atoms with Crippen LogP contribution in [-0.4, -0.2) is 70.3 Å². The summed E-state index contributed by atoms with van der Waals surface area (Å²) < 4.78 is 5.86. The van der Waals surface area contributed by atoms with E-state index < -0.39 is 0 Å². The predicted molar refractivity (Wildman–Crippen MR) is 125 cm³/mol. The van der Waals surface area contributed by atoms with Gasteiger partial charge in [-0.15, -0.1) is 10.2 Å². The number of aromatic nitrogens is 5. The normalized spacial score (nSPS) is 11.1. The molecule has 172 valence electrons. The van der Waals surface area contributed by atoms with Gasteiger partial charge in [-0.3, -0.25) is 4.98 Å². The van der Waals surface area contributed by atoms with E-state index in [1.165, 1.54) is 5.56 Å². The standard InChI is InChI=1S/C22H33N9O/c1-4-9-25-20-18(21-30-29-19(32-21)16-24-10-5-14-31(2)3)15-27-22(28-20)26-13-8-17-6-11-23-12-7-17/h6-7,11-12,15,24H,4-5,8-10,13-14,16H2,1-3H3,(H2,25,26,27,28). The van der Waals surface area contributed by atoms with Gasteiger partial charge in [0.1, 0.15) is 5.82 Å². The van der Waals surface area contributed by atoms with Crippen molar-refractivity contribution in [2.45, 2.75) is 32.7 Å². The Kier molecular flexibility index (Phi) is 9.33. The number of hydrogen-bond acceptors (Lipinski definition) is 10. The second-order valence-electron chi connectivity index (χ2n) is 7.75. The Morgan fingerprint density at radius 3 is 2.66 bits per heavy atom. The molecule has 10 nitrogen and oxygen atoms in total. The van der Waals surface area contributed by atoms with Crippen molar-refractivity contribution < 1.29 is 4.42 Å². The van der Waals surface area contributed by atoms with Crippen LogP contribution in [0.25, 0.3) is 11.5 Å². The number of nitrogens with zero attached hydrogens (tertiary/aromatic N) is 6. The van der Waals surface area contributed by atoms with Gasteiger partial charge in [0, 0.05) is 31.7 Å². The van der Waals surface area contributed by atoms with Gasteiger partial charge in [0.25, 0.3) is 5.89 Å². The van der Waals surface area contributed by atoms with Gasteiger partial charge in [-0.05, 0) is 64.1 Å². The van der Waals surface area contributed by atoms with E-state index in [1.54, 1.807) is 18.6 Å². The molecule has 0 fully saturated rings. The minimum atomic E-state index is 0.414. The molecule has 0 aliphatic carbocycles. The van der Waals surface area contributed by atoms with E-state index >= 15 is 0 Å². The molecule has 3 aromatic heterocycles. The van der Waals surface area contributed by atoms with E-state index in [1.807, 2.05) is 12.1 Å². The van der Waals surface area contributed by atoms with Gasteiger partial charge in [-0.25, -0.2) is 4.98 Å². The first-order chi connectivity index (χ1) is 15.7. The Morgan fingerprint density at radius 2 is 1.88 bits per heavy atom. The predicted octanol–water partition coefficient (Wildman–Crippen LogP) is 2.44. The van der Waals surface area contributed by atoms with Crippen LogP contribution in [0.4, 0.5) is 11.8 Å². The van der Waals surface area contributed by atoms with Crippen LogP contribution >= 0.6 is 0 Å². The summed E-state index contributed by atoms with van der Waals surface area (Å²) in [6, 6.07) is 4.01. The van der Waals surface area contributed by atoms with Crippen molar-refractivity contribution >= 4 is 11.8 Å². The summed E-state index contributed by atoms with van der Waals surface area (Å²) in [5.41, 5.74) is 1.91. The second kappa shape index (κ2) is 12.7. The van der Waals surface area contributed by atoms with Gasteiger partial charge >= 0.3 is 0 Å². The van der Waals surface area contributed by atoms with Gasteiger partial charge in [0.05, 0.1) is 12.1 Å². The number of hydrogen-bond donors (Lipinski definition) is 3. The molecule has 0 radical (unpaired) electrons. The highest BCUT2D eigenvalue weighted by molar-refractivity contribution is 5.69. The van der Waals surface area contributed by atoms with Crippen molar-refractivity contribution in [1.29, 1.82) is 0 Å². The molecule has 0 unspecified atom stereocenters. The Bertz CT molecular complexity index is 930. The van der Waals surface area contributed by atoms with Crippen LogP contribution in [0.3, 0.4) is 0 Å². The zero-order valence-corrected chi connectivity index (χ0v) is 19.1. The minimum Gasteiger partial charge on any atom is -0.419 e. The fraction of sp³-hybridized carbons (Fsp3) is 0.500. The summed E-state index contributed by atoms with van der Waals surface area (Å²) in [6.45, 7) is 6.08. The zero-order chi connectivity index (χ0) is 22.6. The van der Waals surface area contributed by atoms with E-state index in [2.05, 4.69) is 67.0 Å². The molecule has 0 saturated heterocycles. The Labute approximate surface area is 189 Å². The van der Waals surface area contributed by atoms with E-state index in [9.17, 15) is 0 Å². The number of anilines is 2. The first-order valence-electron chi connectivity index (χ1n) is 11.1. The van der Waals surface area contributed by atoms with Crippen LogP contribution in [0, 0.1) is 0 Å². The molecular weight excluding hydrogens is 406 g/mol. The van der Waals surface area contributed by atoms with Crippen LogP contribution in [0.2, 0.25) is 0 Å². The van der Waals surface area contributed by atoms with E-state index in [4.69, 9.17) is 4.42 Å². The monoisotopic (exact) mass is 439 g/mol. The Balaban J connectivity index is 1.60. The van der Waals surface area contributed by atoms with Crippen molar-refractivity contribution in [2.24, 2.45) is 0 Å². The largest absolute Gasteiger partial charge is 0.419 e. The summed E-state index contributed by atoms with van der Waals surface area (Å²) in [5, 5.41) is 18.3. The molecule has 0 amide bonds. The van der Waals surface area contributed by atoms with Crippen LogP contribution < -0.4 is 16.0 Å². The highest BCUT2D eigenvalue weighted by Gasteiger charge is 2.15. The third-order valence-electron chi connectivity index (χ3n) is 4.71. The van der Waals surface area contributed by atoms with Crippen LogP contribution in [-0.2, 0) is 13.0 Å². The summed E-state index contributed by atoms with van der Waals surface area (Å²) in [6.07, 6.45) is 8.21. The van der Waals surface area contributed by atoms with Crippen molar-refractivity contribution in [3.8, 4) is 11.5 Å². The molecule has 3 aromatic rings. The van der Waals surface area contributed by atoms with Crippen LogP contribution in [0.1, 0.15) is 31.2 Å². The van der Waals surface area contributed by atoms with E-state index in [0.29, 0.717) is 35.7 Å². The number of nitrogens with one attached hydrogen (secondary N) is 3. The molecule has 3 rings (SSSR count). The first-order valence-corrected chi connectivity index (χ1v) is 11.1. The van der Waals surface area contributed by atoms with Crippen molar-refractivity contribution in [3.05, 3.63) is 42.2 Å². The molecule has 0 aliphatic rings. The van der Waals surface area contributed by atoms with Gasteiger partial charge in [0.15, 0.2) is 0 Å². The van der Waals surface area contributed by atoms with Gasteiger partial charge in [-0.1, -0.05) is 6.92 Å². The second-order valence-corrected chi connectivity index (χ2v) is 7.75. The lowest BCUT2D eigenvalue weighted by Gasteiger charge is -2.11. The fourth-order valence-electron chi connectivity index (χ4n) is 3.02. The molecule has 0 aliphatic heterocycles. The molecular formula is C22H33N9O. The van der Waals surface area contributed by atoms with Gasteiger partial charge in [0.2, 0.25) is 11.8 Å². The summed E-state index contributed by atoms with van der Waals surface area (Å²) in [5.74, 6) is 2.20. The van der Waals surface area contributed by atoms with Crippen LogP contribution in [0.15, 0.2) is 35.1 Å². The van der Waals surface area contributed by atoms with Crippen molar-refractivity contribution in [1.82, 2.24) is 35.4 Å². The molecule has 0 bridgehead atoms. The lowest BCUT2D eigenvalue weighted by Crippen LogP contribution is -2.21. The Morgan fingerprint density at radius 1 is 1.03 bits per heavy atom. The van der Waals surface area contributed by atoms with E-state index in [0.717, 1.165) is 45.4 Å². The molecule has 0 atom stereocenters. The third kappa shape index (κ3) is 7.54. The molecule has 3 heterocycles. The van der Waals surface area contributed by atoms with Crippen molar-refractivity contribution in [2.75, 3.05) is 50.9 Å². The lowest BCUT2D eigenvalue weighted by molar-refractivity contribution is 0.390. The smallest absolute Gasteiger partial charge is 0.253 e. The third-order valence-corrected chi connectivity index (χ3v) is 4.71. The summed E-state index contributed by atoms with van der Waals surface area (Å²) in [7, 11) is 4.14. The quantitative estimate of drug-likeness (QED) is 0.323. The average Bonchev–Trinajstić information content (AvgIpc) is 3.27. The van der Waals surface area contributed by atoms with Crippen LogP contribution in [0.5, 0.6) is 0 Å². The average molecular weight is 440 g/mol. The molecule has 0 spiro atoms. The zero-order valence-electron chi connectivity index (χ0n) is 19.1. The minimum absolute atomic E-state index is 0.414. The highest BCUT2D eigenvalue weighted by atomic mass is 16.4. The topological polar surface area (TPSA) is 117 Å². The summed E-state index contributed by atoms with van der Waals surface area (Å²) in [4.78, 5) is 15.3. The van der Waals surface area contributed by atoms with E-state index in [-0.39, 0.29) is 0 Å². The maximum Gasteiger partial charge on any atom is 0.253 e. The lowest BCUT2D eigenvalue weighted by atomic mass is 10.2. The first kappa shape index (κ1) is 23.6. The molecule has 3 N–H and O–H groups in total. The maximum atomic E-state index is 5.86. The SMILES string of the molecule is CCCNc1nc(NCCc2ccncc2)ncc1-c1nnc(CNCCCN(C)C)o1.